The Morgan fingerprint density at radius 1 is 1.19 bits per heavy atom. The van der Waals surface area contributed by atoms with Gasteiger partial charge in [-0.25, -0.2) is 0 Å². The van der Waals surface area contributed by atoms with Crippen molar-refractivity contribution < 1.29 is 18.7 Å². The van der Waals surface area contributed by atoms with E-state index in [2.05, 4.69) is 20.6 Å². The molecule has 0 saturated heterocycles. The second-order valence-electron chi connectivity index (χ2n) is 5.22. The molecule has 0 saturated carbocycles. The SMILES string of the molecule is COc1ccc(/C=C\C(=O)Nc2nnc(-c3ccn(C)n3)o2)cc1OC. The van der Waals surface area contributed by atoms with Crippen molar-refractivity contribution in [1.82, 2.24) is 20.0 Å². The number of ether oxygens (including phenoxy) is 2. The van der Waals surface area contributed by atoms with Gasteiger partial charge in [-0.05, 0) is 29.8 Å². The highest BCUT2D eigenvalue weighted by atomic mass is 16.5. The van der Waals surface area contributed by atoms with Crippen LogP contribution in [0.4, 0.5) is 6.01 Å². The zero-order valence-electron chi connectivity index (χ0n) is 14.5. The van der Waals surface area contributed by atoms with Gasteiger partial charge in [0.25, 0.3) is 11.8 Å². The third-order valence-corrected chi connectivity index (χ3v) is 3.42. The lowest BCUT2D eigenvalue weighted by Crippen LogP contribution is -2.07. The van der Waals surface area contributed by atoms with Crippen molar-refractivity contribution in [2.75, 3.05) is 19.5 Å². The Bertz CT molecular complexity index is 944. The van der Waals surface area contributed by atoms with Crippen LogP contribution in [0, 0.1) is 0 Å². The lowest BCUT2D eigenvalue weighted by Gasteiger charge is -2.07. The van der Waals surface area contributed by atoms with Gasteiger partial charge in [-0.15, -0.1) is 5.10 Å². The lowest BCUT2D eigenvalue weighted by molar-refractivity contribution is -0.112. The number of amides is 1. The molecule has 1 aromatic carbocycles. The number of carbonyl (C=O) groups excluding carboxylic acids is 1. The van der Waals surface area contributed by atoms with Gasteiger partial charge in [-0.3, -0.25) is 14.8 Å². The minimum absolute atomic E-state index is 0.00684. The summed E-state index contributed by atoms with van der Waals surface area (Å²) in [5.74, 6) is 1.01. The number of aromatic nitrogens is 4. The number of benzene rings is 1. The first-order valence-corrected chi connectivity index (χ1v) is 7.63. The van der Waals surface area contributed by atoms with Crippen LogP contribution < -0.4 is 14.8 Å². The number of hydrogen-bond acceptors (Lipinski definition) is 7. The smallest absolute Gasteiger partial charge is 0.322 e. The van der Waals surface area contributed by atoms with Gasteiger partial charge >= 0.3 is 6.01 Å². The van der Waals surface area contributed by atoms with Crippen molar-refractivity contribution >= 4 is 18.0 Å². The van der Waals surface area contributed by atoms with Crippen LogP contribution in [0.15, 0.2) is 41.0 Å². The molecule has 0 spiro atoms. The van der Waals surface area contributed by atoms with Crippen molar-refractivity contribution in [3.63, 3.8) is 0 Å². The topological polar surface area (TPSA) is 104 Å². The Labute approximate surface area is 149 Å². The summed E-state index contributed by atoms with van der Waals surface area (Å²) in [7, 11) is 4.89. The monoisotopic (exact) mass is 355 g/mol. The van der Waals surface area contributed by atoms with Gasteiger partial charge in [0, 0.05) is 19.3 Å². The van der Waals surface area contributed by atoms with E-state index >= 15 is 0 Å². The third-order valence-electron chi connectivity index (χ3n) is 3.42. The molecule has 0 fully saturated rings. The highest BCUT2D eigenvalue weighted by molar-refractivity contribution is 6.00. The molecule has 1 amide bonds. The summed E-state index contributed by atoms with van der Waals surface area (Å²) >= 11 is 0. The van der Waals surface area contributed by atoms with E-state index < -0.39 is 5.91 Å². The number of anilines is 1. The largest absolute Gasteiger partial charge is 0.493 e. The highest BCUT2D eigenvalue weighted by Gasteiger charge is 2.12. The molecule has 0 bridgehead atoms. The Kier molecular flexibility index (Phi) is 4.97. The minimum Gasteiger partial charge on any atom is -0.493 e. The van der Waals surface area contributed by atoms with Crippen molar-refractivity contribution in [3.05, 3.63) is 42.1 Å². The van der Waals surface area contributed by atoms with Gasteiger partial charge in [0.05, 0.1) is 14.2 Å². The summed E-state index contributed by atoms with van der Waals surface area (Å²) in [5.41, 5.74) is 1.30. The van der Waals surface area contributed by atoms with E-state index in [-0.39, 0.29) is 11.9 Å². The van der Waals surface area contributed by atoms with Crippen molar-refractivity contribution in [1.29, 1.82) is 0 Å². The van der Waals surface area contributed by atoms with E-state index in [4.69, 9.17) is 13.9 Å². The predicted molar refractivity (Wildman–Crippen MR) is 93.7 cm³/mol. The maximum atomic E-state index is 12.0. The van der Waals surface area contributed by atoms with Crippen LogP contribution >= 0.6 is 0 Å². The van der Waals surface area contributed by atoms with Gasteiger partial charge in [-0.1, -0.05) is 11.2 Å². The molecule has 0 atom stereocenters. The van der Waals surface area contributed by atoms with E-state index in [1.807, 2.05) is 0 Å². The summed E-state index contributed by atoms with van der Waals surface area (Å²) in [5, 5.41) is 14.3. The molecule has 134 valence electrons. The number of carbonyl (C=O) groups is 1. The Balaban J connectivity index is 1.65. The summed E-state index contributed by atoms with van der Waals surface area (Å²) in [6, 6.07) is 7.04. The molecule has 0 radical (unpaired) electrons. The number of aryl methyl sites for hydroxylation is 1. The Morgan fingerprint density at radius 3 is 2.69 bits per heavy atom. The quantitative estimate of drug-likeness (QED) is 0.675. The zero-order valence-corrected chi connectivity index (χ0v) is 14.5. The molecular formula is C17H17N5O4. The summed E-state index contributed by atoms with van der Waals surface area (Å²) in [4.78, 5) is 12.0. The molecule has 9 heteroatoms. The van der Waals surface area contributed by atoms with Crippen LogP contribution in [0.5, 0.6) is 11.5 Å². The van der Waals surface area contributed by atoms with Crippen LogP contribution in [0.25, 0.3) is 17.7 Å². The van der Waals surface area contributed by atoms with Gasteiger partial charge in [0.1, 0.15) is 5.69 Å². The van der Waals surface area contributed by atoms with Crippen molar-refractivity contribution in [3.8, 4) is 23.1 Å². The fraction of sp³-hybridized carbons (Fsp3) is 0.176. The van der Waals surface area contributed by atoms with Gasteiger partial charge < -0.3 is 13.9 Å². The fourth-order valence-electron chi connectivity index (χ4n) is 2.18. The number of methoxy groups -OCH3 is 2. The van der Waals surface area contributed by atoms with Gasteiger partial charge in [-0.2, -0.15) is 5.10 Å². The normalized spacial score (nSPS) is 10.9. The second-order valence-corrected chi connectivity index (χ2v) is 5.22. The molecule has 26 heavy (non-hydrogen) atoms. The zero-order chi connectivity index (χ0) is 18.5. The molecule has 1 N–H and O–H groups in total. The fourth-order valence-corrected chi connectivity index (χ4v) is 2.18. The molecule has 0 aliphatic heterocycles. The number of hydrogen-bond donors (Lipinski definition) is 1. The standard InChI is InChI=1S/C17H17N5O4/c1-22-9-8-12(21-22)16-19-20-17(26-16)18-15(23)7-5-11-4-6-13(24-2)14(10-11)25-3/h4-10H,1-3H3,(H,18,20,23)/b7-5-. The lowest BCUT2D eigenvalue weighted by atomic mass is 10.2. The van der Waals surface area contributed by atoms with Crippen LogP contribution in [0.2, 0.25) is 0 Å². The van der Waals surface area contributed by atoms with Crippen molar-refractivity contribution in [2.24, 2.45) is 7.05 Å². The molecule has 9 nitrogen and oxygen atoms in total. The van der Waals surface area contributed by atoms with Crippen LogP contribution in [-0.4, -0.2) is 40.1 Å². The highest BCUT2D eigenvalue weighted by Crippen LogP contribution is 2.28. The Morgan fingerprint density at radius 2 is 2.00 bits per heavy atom. The minimum atomic E-state index is -0.406. The van der Waals surface area contributed by atoms with E-state index in [9.17, 15) is 4.79 Å². The number of nitrogens with zero attached hydrogens (tertiary/aromatic N) is 4. The molecular weight excluding hydrogens is 338 g/mol. The Hall–Kier alpha value is -3.62. The first kappa shape index (κ1) is 17.2. The molecule has 3 aromatic rings. The van der Waals surface area contributed by atoms with E-state index in [1.165, 1.54) is 6.08 Å². The van der Waals surface area contributed by atoms with Gasteiger partial charge in [0.15, 0.2) is 11.5 Å². The third kappa shape index (κ3) is 3.89. The number of rotatable bonds is 6. The van der Waals surface area contributed by atoms with Gasteiger partial charge in [0.2, 0.25) is 0 Å². The first-order valence-electron chi connectivity index (χ1n) is 7.63. The molecule has 2 aromatic heterocycles. The maximum Gasteiger partial charge on any atom is 0.322 e. The molecule has 0 aliphatic rings. The maximum absolute atomic E-state index is 12.0. The van der Waals surface area contributed by atoms with Crippen LogP contribution in [-0.2, 0) is 11.8 Å². The second kappa shape index (κ2) is 7.51. The predicted octanol–water partition coefficient (Wildman–Crippen LogP) is 2.14. The molecule has 2 heterocycles. The summed E-state index contributed by atoms with van der Waals surface area (Å²) in [6.45, 7) is 0. The summed E-state index contributed by atoms with van der Waals surface area (Å²) in [6.07, 6.45) is 4.74. The molecule has 3 rings (SSSR count). The van der Waals surface area contributed by atoms with E-state index in [0.29, 0.717) is 17.2 Å². The van der Waals surface area contributed by atoms with E-state index in [0.717, 1.165) is 5.56 Å². The van der Waals surface area contributed by atoms with Crippen LogP contribution in [0.1, 0.15) is 5.56 Å². The molecule has 0 unspecified atom stereocenters. The number of nitrogens with one attached hydrogen (secondary N) is 1. The van der Waals surface area contributed by atoms with Crippen LogP contribution in [0.3, 0.4) is 0 Å². The average Bonchev–Trinajstić information content (AvgIpc) is 3.28. The first-order chi connectivity index (χ1) is 12.6. The van der Waals surface area contributed by atoms with E-state index in [1.54, 1.807) is 62.5 Å². The summed E-state index contributed by atoms with van der Waals surface area (Å²) < 4.78 is 17.4. The molecule has 0 aliphatic carbocycles. The average molecular weight is 355 g/mol. The van der Waals surface area contributed by atoms with Crippen molar-refractivity contribution in [2.45, 2.75) is 0 Å².